The Morgan fingerprint density at radius 2 is 0.980 bits per heavy atom. The minimum atomic E-state index is -1.54. The van der Waals surface area contributed by atoms with Crippen LogP contribution in [0.25, 0.3) is 0 Å². The van der Waals surface area contributed by atoms with Crippen molar-refractivity contribution in [1.29, 1.82) is 0 Å². The van der Waals surface area contributed by atoms with Crippen LogP contribution in [0.15, 0.2) is 0 Å². The largest absolute Gasteiger partial charge is 0.394 e. The van der Waals surface area contributed by atoms with Gasteiger partial charge in [-0.15, -0.1) is 0 Å². The zero-order valence-corrected chi connectivity index (χ0v) is 31.7. The van der Waals surface area contributed by atoms with Gasteiger partial charge in [0.2, 0.25) is 5.91 Å². The number of carbonyl (C=O) groups excluding carboxylic acids is 1. The second-order valence-corrected chi connectivity index (χ2v) is 14.9. The highest BCUT2D eigenvalue weighted by Gasteiger charge is 2.44. The summed E-state index contributed by atoms with van der Waals surface area (Å²) < 4.78 is 10.9. The fourth-order valence-corrected chi connectivity index (χ4v) is 6.96. The molecular weight excluding hydrogens is 622 g/mol. The third-order valence-electron chi connectivity index (χ3n) is 10.2. The normalized spacial score (nSPS) is 22.3. The fraction of sp³-hybridized carbons (Fsp3) is 0.975. The second kappa shape index (κ2) is 31.9. The molecule has 1 aliphatic rings. The zero-order chi connectivity index (χ0) is 36.0. The molecule has 7 unspecified atom stereocenters. The van der Waals surface area contributed by atoms with Crippen molar-refractivity contribution >= 4 is 5.91 Å². The summed E-state index contributed by atoms with van der Waals surface area (Å²) >= 11 is 0. The number of carbonyl (C=O) groups is 1. The number of ether oxygens (including phenoxy) is 2. The SMILES string of the molecule is CCCCCCCCCCCCCCCCCCCCCCCCCCCCCC(O)C(COC1OC(CO)C(O)C(O)C1O)NC(C)=O. The molecule has 0 spiro atoms. The fourth-order valence-electron chi connectivity index (χ4n) is 6.96. The number of aliphatic hydroxyl groups excluding tert-OH is 5. The van der Waals surface area contributed by atoms with E-state index in [9.17, 15) is 30.3 Å². The maximum Gasteiger partial charge on any atom is 0.217 e. The van der Waals surface area contributed by atoms with E-state index in [2.05, 4.69) is 12.2 Å². The minimum Gasteiger partial charge on any atom is -0.394 e. The average molecular weight is 702 g/mol. The number of amides is 1. The molecule has 1 heterocycles. The van der Waals surface area contributed by atoms with Crippen LogP contribution in [0.2, 0.25) is 0 Å². The molecule has 0 aliphatic carbocycles. The molecule has 0 aromatic carbocycles. The van der Waals surface area contributed by atoms with Gasteiger partial charge in [-0.3, -0.25) is 4.79 Å². The molecular formula is C40H79NO8. The summed E-state index contributed by atoms with van der Waals surface area (Å²) in [6, 6.07) is -0.714. The van der Waals surface area contributed by atoms with Gasteiger partial charge in [-0.25, -0.2) is 0 Å². The van der Waals surface area contributed by atoms with Crippen molar-refractivity contribution in [3.63, 3.8) is 0 Å². The van der Waals surface area contributed by atoms with Gasteiger partial charge in [-0.05, 0) is 6.42 Å². The van der Waals surface area contributed by atoms with E-state index >= 15 is 0 Å². The number of hydrogen-bond donors (Lipinski definition) is 6. The molecule has 0 aromatic rings. The standard InChI is InChI=1S/C40H79NO8/c1-3-4-5-6-7-8-9-10-11-12-13-14-15-16-17-18-19-20-21-22-23-24-25-26-27-28-29-30-35(44)34(41-33(2)43)32-48-40-39(47)38(46)37(45)36(31-42)49-40/h34-40,42,44-47H,3-32H2,1-2H3,(H,41,43). The summed E-state index contributed by atoms with van der Waals surface area (Å²) in [5.41, 5.74) is 0. The van der Waals surface area contributed by atoms with Gasteiger partial charge in [0, 0.05) is 6.92 Å². The first-order chi connectivity index (χ1) is 23.8. The highest BCUT2D eigenvalue weighted by atomic mass is 16.7. The number of unbranched alkanes of at least 4 members (excludes halogenated alkanes) is 26. The first-order valence-corrected chi connectivity index (χ1v) is 20.7. The van der Waals surface area contributed by atoms with E-state index in [4.69, 9.17) is 9.47 Å². The third kappa shape index (κ3) is 24.1. The third-order valence-corrected chi connectivity index (χ3v) is 10.2. The first-order valence-electron chi connectivity index (χ1n) is 20.7. The Labute approximate surface area is 300 Å². The molecule has 1 aliphatic heterocycles. The van der Waals surface area contributed by atoms with E-state index < -0.39 is 49.5 Å². The van der Waals surface area contributed by atoms with Crippen LogP contribution in [0.3, 0.4) is 0 Å². The topological polar surface area (TPSA) is 149 Å². The Morgan fingerprint density at radius 3 is 1.33 bits per heavy atom. The molecule has 292 valence electrons. The van der Waals surface area contributed by atoms with E-state index in [1.54, 1.807) is 0 Å². The van der Waals surface area contributed by atoms with Gasteiger partial charge in [0.15, 0.2) is 6.29 Å². The number of hydrogen-bond acceptors (Lipinski definition) is 8. The molecule has 0 saturated carbocycles. The molecule has 1 amide bonds. The summed E-state index contributed by atoms with van der Waals surface area (Å²) in [7, 11) is 0. The van der Waals surface area contributed by atoms with Gasteiger partial charge in [0.25, 0.3) is 0 Å². The van der Waals surface area contributed by atoms with Crippen molar-refractivity contribution in [2.45, 2.75) is 236 Å². The van der Waals surface area contributed by atoms with Gasteiger partial charge < -0.3 is 40.3 Å². The Morgan fingerprint density at radius 1 is 0.612 bits per heavy atom. The predicted molar refractivity (Wildman–Crippen MR) is 198 cm³/mol. The first kappa shape index (κ1) is 46.2. The van der Waals surface area contributed by atoms with E-state index in [1.165, 1.54) is 161 Å². The number of nitrogens with one attached hydrogen (secondary N) is 1. The molecule has 9 nitrogen and oxygen atoms in total. The van der Waals surface area contributed by atoms with Crippen LogP contribution in [-0.2, 0) is 14.3 Å². The molecule has 9 heteroatoms. The van der Waals surface area contributed by atoms with Crippen LogP contribution in [0.5, 0.6) is 0 Å². The van der Waals surface area contributed by atoms with Crippen LogP contribution >= 0.6 is 0 Å². The van der Waals surface area contributed by atoms with Crippen LogP contribution in [0, 0.1) is 0 Å². The van der Waals surface area contributed by atoms with E-state index in [1.807, 2.05) is 0 Å². The molecule has 6 N–H and O–H groups in total. The maximum atomic E-state index is 11.7. The number of aliphatic hydroxyl groups is 5. The summed E-state index contributed by atoms with van der Waals surface area (Å²) in [6.07, 6.45) is 29.2. The Bertz CT molecular complexity index is 741. The molecule has 0 bridgehead atoms. The van der Waals surface area contributed by atoms with Gasteiger partial charge in [0.05, 0.1) is 25.4 Å². The zero-order valence-electron chi connectivity index (χ0n) is 31.7. The Hall–Kier alpha value is -0.810. The molecule has 1 saturated heterocycles. The van der Waals surface area contributed by atoms with Gasteiger partial charge in [-0.2, -0.15) is 0 Å². The van der Waals surface area contributed by atoms with Gasteiger partial charge in [-0.1, -0.05) is 180 Å². The van der Waals surface area contributed by atoms with Crippen molar-refractivity contribution in [3.05, 3.63) is 0 Å². The molecule has 0 radical (unpaired) electrons. The quantitative estimate of drug-likeness (QED) is 0.0376. The highest BCUT2D eigenvalue weighted by molar-refractivity contribution is 5.73. The molecule has 7 atom stereocenters. The van der Waals surface area contributed by atoms with Gasteiger partial charge in [0.1, 0.15) is 24.4 Å². The van der Waals surface area contributed by atoms with E-state index in [0.717, 1.165) is 19.3 Å². The monoisotopic (exact) mass is 702 g/mol. The molecule has 1 rings (SSSR count). The lowest BCUT2D eigenvalue weighted by atomic mass is 9.99. The Kier molecular flexibility index (Phi) is 30.1. The maximum absolute atomic E-state index is 11.7. The van der Waals surface area contributed by atoms with Crippen LogP contribution < -0.4 is 5.32 Å². The summed E-state index contributed by atoms with van der Waals surface area (Å²) in [4.78, 5) is 11.7. The smallest absolute Gasteiger partial charge is 0.217 e. The minimum absolute atomic E-state index is 0.150. The summed E-state index contributed by atoms with van der Waals surface area (Å²) in [5, 5.41) is 52.8. The molecule has 49 heavy (non-hydrogen) atoms. The van der Waals surface area contributed by atoms with Crippen molar-refractivity contribution in [1.82, 2.24) is 5.32 Å². The average Bonchev–Trinajstić information content (AvgIpc) is 3.09. The summed E-state index contributed by atoms with van der Waals surface area (Å²) in [5.74, 6) is -0.318. The van der Waals surface area contributed by atoms with Crippen LogP contribution in [0.4, 0.5) is 0 Å². The van der Waals surface area contributed by atoms with E-state index in [-0.39, 0.29) is 12.5 Å². The lowest BCUT2D eigenvalue weighted by molar-refractivity contribution is -0.302. The van der Waals surface area contributed by atoms with Crippen LogP contribution in [-0.4, -0.2) is 87.5 Å². The predicted octanol–water partition coefficient (Wildman–Crippen LogP) is 7.61. The lowest BCUT2D eigenvalue weighted by Gasteiger charge is -2.40. The van der Waals surface area contributed by atoms with Crippen molar-refractivity contribution in [3.8, 4) is 0 Å². The van der Waals surface area contributed by atoms with Crippen molar-refractivity contribution in [2.24, 2.45) is 0 Å². The van der Waals surface area contributed by atoms with Crippen molar-refractivity contribution in [2.75, 3.05) is 13.2 Å². The van der Waals surface area contributed by atoms with Crippen molar-refractivity contribution < 1.29 is 39.8 Å². The van der Waals surface area contributed by atoms with Gasteiger partial charge >= 0.3 is 0 Å². The molecule has 1 fully saturated rings. The number of rotatable bonds is 34. The highest BCUT2D eigenvalue weighted by Crippen LogP contribution is 2.23. The van der Waals surface area contributed by atoms with E-state index in [0.29, 0.717) is 6.42 Å². The van der Waals surface area contributed by atoms with Crippen LogP contribution in [0.1, 0.15) is 194 Å². The lowest BCUT2D eigenvalue weighted by Crippen LogP contribution is -2.60. The second-order valence-electron chi connectivity index (χ2n) is 14.9. The summed E-state index contributed by atoms with van der Waals surface area (Å²) in [6.45, 7) is 2.94. The molecule has 0 aromatic heterocycles. The Balaban J connectivity index is 1.92.